The fourth-order valence-electron chi connectivity index (χ4n) is 2.33. The molecule has 0 unspecified atom stereocenters. The first-order valence-electron chi connectivity index (χ1n) is 8.59. The summed E-state index contributed by atoms with van der Waals surface area (Å²) in [7, 11) is 0. The van der Waals surface area contributed by atoms with Crippen LogP contribution in [0.25, 0.3) is 12.2 Å². The van der Waals surface area contributed by atoms with Crippen LogP contribution in [0.15, 0.2) is 72.5 Å². The zero-order valence-electron chi connectivity index (χ0n) is 14.8. The highest BCUT2D eigenvalue weighted by molar-refractivity contribution is 6.02. The van der Waals surface area contributed by atoms with Crippen LogP contribution >= 0.6 is 0 Å². The number of aryl methyl sites for hydroxylation is 2. The van der Waals surface area contributed by atoms with Gasteiger partial charge in [-0.2, -0.15) is 0 Å². The molecule has 0 saturated heterocycles. The van der Waals surface area contributed by atoms with Crippen LogP contribution in [0.2, 0.25) is 0 Å². The van der Waals surface area contributed by atoms with Crippen LogP contribution in [0.3, 0.4) is 0 Å². The molecule has 0 spiro atoms. The average Bonchev–Trinajstić information content (AvgIpc) is 2.65. The number of aliphatic hydroxyl groups is 1. The summed E-state index contributed by atoms with van der Waals surface area (Å²) in [6.07, 6.45) is 9.73. The fourth-order valence-corrected chi connectivity index (χ4v) is 2.33. The summed E-state index contributed by atoms with van der Waals surface area (Å²) in [6, 6.07) is 16.1. The molecule has 0 aliphatic heterocycles. The van der Waals surface area contributed by atoms with Crippen molar-refractivity contribution in [2.24, 2.45) is 0 Å². The van der Waals surface area contributed by atoms with E-state index >= 15 is 0 Å². The fraction of sp³-hybridized carbons (Fsp3) is 0.174. The Morgan fingerprint density at radius 3 is 1.68 bits per heavy atom. The molecule has 2 aromatic carbocycles. The van der Waals surface area contributed by atoms with Gasteiger partial charge in [-0.05, 0) is 47.2 Å². The van der Waals surface area contributed by atoms with Gasteiger partial charge in [0.15, 0.2) is 5.78 Å². The zero-order chi connectivity index (χ0) is 18.1. The summed E-state index contributed by atoms with van der Waals surface area (Å²) in [5, 5.41) is 9.87. The van der Waals surface area contributed by atoms with Crippen molar-refractivity contribution in [1.82, 2.24) is 0 Å². The van der Waals surface area contributed by atoms with Gasteiger partial charge in [0.05, 0.1) is 0 Å². The topological polar surface area (TPSA) is 37.3 Å². The number of carbonyl (C=O) groups excluding carboxylic acids is 1. The molecule has 2 rings (SSSR count). The Hall–Kier alpha value is -2.87. The molecule has 0 radical (unpaired) electrons. The van der Waals surface area contributed by atoms with Gasteiger partial charge in [0.25, 0.3) is 0 Å². The maximum Gasteiger partial charge on any atom is 0.182 e. The molecule has 0 heterocycles. The minimum absolute atomic E-state index is 0.0597. The smallest absolute Gasteiger partial charge is 0.182 e. The number of rotatable bonds is 7. The maximum absolute atomic E-state index is 11.9. The summed E-state index contributed by atoms with van der Waals surface area (Å²) in [5.41, 5.74) is 4.48. The van der Waals surface area contributed by atoms with E-state index in [4.69, 9.17) is 0 Å². The van der Waals surface area contributed by atoms with Crippen molar-refractivity contribution in [2.45, 2.75) is 26.7 Å². The normalized spacial score (nSPS) is 12.2. The van der Waals surface area contributed by atoms with Gasteiger partial charge in [0.1, 0.15) is 5.76 Å². The first-order valence-corrected chi connectivity index (χ1v) is 8.59. The number of ketones is 1. The Morgan fingerprint density at radius 1 is 0.800 bits per heavy atom. The highest BCUT2D eigenvalue weighted by Gasteiger charge is 1.96. The number of hydrogen-bond acceptors (Lipinski definition) is 2. The van der Waals surface area contributed by atoms with E-state index in [1.54, 1.807) is 12.2 Å². The third kappa shape index (κ3) is 6.27. The van der Waals surface area contributed by atoms with E-state index in [1.165, 1.54) is 29.4 Å². The molecule has 2 aromatic rings. The third-order valence-corrected chi connectivity index (χ3v) is 3.95. The summed E-state index contributed by atoms with van der Waals surface area (Å²) in [4.78, 5) is 11.9. The summed E-state index contributed by atoms with van der Waals surface area (Å²) < 4.78 is 0. The minimum Gasteiger partial charge on any atom is -0.508 e. The Labute approximate surface area is 149 Å². The van der Waals surface area contributed by atoms with Crippen molar-refractivity contribution in [3.05, 3.63) is 94.8 Å². The van der Waals surface area contributed by atoms with E-state index in [0.29, 0.717) is 0 Å². The molecule has 2 nitrogen and oxygen atoms in total. The lowest BCUT2D eigenvalue weighted by Crippen LogP contribution is -1.89. The molecular weight excluding hydrogens is 308 g/mol. The number of allylic oxidation sites excluding steroid dienone is 3. The van der Waals surface area contributed by atoms with Crippen molar-refractivity contribution >= 4 is 17.9 Å². The van der Waals surface area contributed by atoms with Gasteiger partial charge in [0, 0.05) is 6.08 Å². The van der Waals surface area contributed by atoms with Gasteiger partial charge >= 0.3 is 0 Å². The number of carbonyl (C=O) groups is 1. The van der Waals surface area contributed by atoms with Crippen LogP contribution in [0.4, 0.5) is 0 Å². The highest BCUT2D eigenvalue weighted by atomic mass is 16.3. The van der Waals surface area contributed by atoms with Crippen molar-refractivity contribution in [1.29, 1.82) is 0 Å². The van der Waals surface area contributed by atoms with Gasteiger partial charge in [-0.15, -0.1) is 0 Å². The van der Waals surface area contributed by atoms with Crippen molar-refractivity contribution in [3.8, 4) is 0 Å². The third-order valence-electron chi connectivity index (χ3n) is 3.95. The van der Waals surface area contributed by atoms with E-state index in [1.807, 2.05) is 36.4 Å². The predicted octanol–water partition coefficient (Wildman–Crippen LogP) is 5.55. The summed E-state index contributed by atoms with van der Waals surface area (Å²) in [5.74, 6) is -0.307. The molecule has 1 N–H and O–H groups in total. The van der Waals surface area contributed by atoms with Crippen LogP contribution < -0.4 is 0 Å². The quantitative estimate of drug-likeness (QED) is 0.410. The number of benzene rings is 2. The van der Waals surface area contributed by atoms with Crippen molar-refractivity contribution < 1.29 is 9.90 Å². The van der Waals surface area contributed by atoms with Crippen molar-refractivity contribution in [3.63, 3.8) is 0 Å². The van der Waals surface area contributed by atoms with E-state index in [0.717, 1.165) is 24.0 Å². The lowest BCUT2D eigenvalue weighted by Gasteiger charge is -1.97. The minimum atomic E-state index is -0.247. The van der Waals surface area contributed by atoms with Crippen LogP contribution in [0, 0.1) is 0 Å². The van der Waals surface area contributed by atoms with Crippen LogP contribution in [0.5, 0.6) is 0 Å². The van der Waals surface area contributed by atoms with Gasteiger partial charge < -0.3 is 5.11 Å². The Balaban J connectivity index is 1.96. The van der Waals surface area contributed by atoms with E-state index < -0.39 is 0 Å². The van der Waals surface area contributed by atoms with Crippen LogP contribution in [-0.4, -0.2) is 10.9 Å². The van der Waals surface area contributed by atoms with Crippen LogP contribution in [0.1, 0.15) is 36.1 Å². The second kappa shape index (κ2) is 9.43. The second-order valence-corrected chi connectivity index (χ2v) is 5.83. The van der Waals surface area contributed by atoms with E-state index in [2.05, 4.69) is 26.0 Å². The summed E-state index contributed by atoms with van der Waals surface area (Å²) in [6.45, 7) is 4.21. The molecule has 2 heteroatoms. The monoisotopic (exact) mass is 332 g/mol. The average molecular weight is 332 g/mol. The zero-order valence-corrected chi connectivity index (χ0v) is 14.8. The van der Waals surface area contributed by atoms with Gasteiger partial charge in [-0.1, -0.05) is 74.5 Å². The van der Waals surface area contributed by atoms with Gasteiger partial charge in [-0.25, -0.2) is 0 Å². The van der Waals surface area contributed by atoms with Gasteiger partial charge in [-0.3, -0.25) is 4.79 Å². The molecule has 0 aliphatic rings. The van der Waals surface area contributed by atoms with Gasteiger partial charge in [0.2, 0.25) is 0 Å². The molecule has 0 saturated carbocycles. The summed E-state index contributed by atoms with van der Waals surface area (Å²) >= 11 is 0. The molecule has 25 heavy (non-hydrogen) atoms. The number of hydrogen-bond donors (Lipinski definition) is 1. The number of aliphatic hydroxyl groups excluding tert-OH is 1. The first kappa shape index (κ1) is 18.5. The lowest BCUT2D eigenvalue weighted by molar-refractivity contribution is -0.110. The SMILES string of the molecule is CCc1ccc(/C=C/C(=O)/C=C(O)/C=C/c2ccc(CC)cc2)cc1. The Kier molecular flexibility index (Phi) is 6.97. The second-order valence-electron chi connectivity index (χ2n) is 5.83. The van der Waals surface area contributed by atoms with Crippen LogP contribution in [-0.2, 0) is 17.6 Å². The van der Waals surface area contributed by atoms with E-state index in [9.17, 15) is 9.90 Å². The Bertz CT molecular complexity index is 776. The Morgan fingerprint density at radius 2 is 1.24 bits per heavy atom. The molecular formula is C23H24O2. The lowest BCUT2D eigenvalue weighted by atomic mass is 10.1. The molecule has 0 bridgehead atoms. The molecule has 0 aliphatic carbocycles. The molecule has 128 valence electrons. The predicted molar refractivity (Wildman–Crippen MR) is 105 cm³/mol. The standard InChI is InChI=1S/C23H24O2/c1-3-18-5-9-20(10-6-18)13-15-22(24)17-23(25)16-14-21-11-7-19(4-2)8-12-21/h5-17,24H,3-4H2,1-2H3/b15-13+,16-14+,22-17-. The molecule has 0 amide bonds. The molecule has 0 aromatic heterocycles. The van der Waals surface area contributed by atoms with Crippen molar-refractivity contribution in [2.75, 3.05) is 0 Å². The van der Waals surface area contributed by atoms with E-state index in [-0.39, 0.29) is 11.5 Å². The highest BCUT2D eigenvalue weighted by Crippen LogP contribution is 2.09. The molecule has 0 atom stereocenters. The first-order chi connectivity index (χ1) is 12.1. The largest absolute Gasteiger partial charge is 0.508 e. The molecule has 0 fully saturated rings. The maximum atomic E-state index is 11.9.